The van der Waals surface area contributed by atoms with Crippen molar-refractivity contribution in [2.75, 3.05) is 39.2 Å². The first-order valence-corrected chi connectivity index (χ1v) is 22.7. The summed E-state index contributed by atoms with van der Waals surface area (Å²) in [5, 5.41) is 13.5. The number of ketones is 1. The second-order valence-corrected chi connectivity index (χ2v) is 21.3. The van der Waals surface area contributed by atoms with Gasteiger partial charge in [0.05, 0.1) is 23.9 Å². The molecule has 16 nitrogen and oxygen atoms in total. The molecule has 4 aliphatic rings. The van der Waals surface area contributed by atoms with Crippen LogP contribution in [0.4, 0.5) is 4.79 Å². The number of piperidine rings is 1. The fourth-order valence-corrected chi connectivity index (χ4v) is 10.4. The number of benzene rings is 1. The SMILES string of the molecule is CN(C)C(=O)[C@@H](NC(=O)CNC(=O)C(=O)C(CC1CC1)NC(=O)[C@@H]1[C@@H]2[C@H](CN1C(=O)[C@@H](NC(=O)NC1(CS(C)(=O)=O)CCCCC1)C(C)(C)C)C2(C)C)c1ccccc1. The van der Waals surface area contributed by atoms with Gasteiger partial charge in [0.15, 0.2) is 0 Å². The maximum Gasteiger partial charge on any atom is 0.315 e. The Labute approximate surface area is 348 Å². The number of hydrogen-bond acceptors (Lipinski definition) is 9. The molecular formula is C42H63N7O9S. The van der Waals surface area contributed by atoms with E-state index in [1.54, 1.807) is 65.2 Å². The van der Waals surface area contributed by atoms with E-state index in [1.165, 1.54) is 9.80 Å². The maximum absolute atomic E-state index is 14.5. The van der Waals surface area contributed by atoms with Gasteiger partial charge >= 0.3 is 6.03 Å². The molecule has 17 heteroatoms. The van der Waals surface area contributed by atoms with E-state index >= 15 is 0 Å². The molecule has 5 rings (SSSR count). The lowest BCUT2D eigenvalue weighted by atomic mass is 9.83. The average Bonchev–Trinajstić information content (AvgIpc) is 4.00. The van der Waals surface area contributed by atoms with Crippen LogP contribution in [0.2, 0.25) is 0 Å². The van der Waals surface area contributed by atoms with Gasteiger partial charge in [-0.1, -0.05) is 97.1 Å². The van der Waals surface area contributed by atoms with E-state index in [4.69, 9.17) is 0 Å². The van der Waals surface area contributed by atoms with Crippen molar-refractivity contribution in [3.05, 3.63) is 35.9 Å². The number of fused-ring (bicyclic) bond motifs is 1. The standard InChI is InChI=1S/C42H63N7O9S/c1-40(2,3)34(46-39(56)47-42(24-59(8,57)58)19-13-10-14-20-42)38(55)49-23-27-30(41(27,4)5)32(49)35(52)44-28(21-25-17-18-25)33(51)36(53)43-22-29(50)45-31(37(54)48(6)7)26-15-11-9-12-16-26/h9,11-12,15-16,25,27-28,30-32,34H,10,13-14,17-24H2,1-8H3,(H,43,53)(H,44,52)(H,45,50)(H2,46,47,56)/t27-,28?,30-,31-,32-,34+/m0/s1. The Morgan fingerprint density at radius 1 is 0.915 bits per heavy atom. The summed E-state index contributed by atoms with van der Waals surface area (Å²) in [7, 11) is -0.324. The van der Waals surface area contributed by atoms with Crippen molar-refractivity contribution in [3.8, 4) is 0 Å². The van der Waals surface area contributed by atoms with Crippen molar-refractivity contribution in [2.24, 2.45) is 28.6 Å². The fourth-order valence-electron chi connectivity index (χ4n) is 9.06. The largest absolute Gasteiger partial charge is 0.347 e. The first kappa shape index (κ1) is 45.5. The molecule has 1 unspecified atom stereocenters. The zero-order valence-corrected chi connectivity index (χ0v) is 36.5. The molecular weight excluding hydrogens is 779 g/mol. The summed E-state index contributed by atoms with van der Waals surface area (Å²) in [4.78, 5) is 98.2. The van der Waals surface area contributed by atoms with E-state index in [0.717, 1.165) is 38.4 Å². The van der Waals surface area contributed by atoms with Crippen LogP contribution in [-0.4, -0.2) is 122 Å². The molecule has 59 heavy (non-hydrogen) atoms. The normalized spacial score (nSPS) is 23.3. The van der Waals surface area contributed by atoms with Gasteiger partial charge in [0.1, 0.15) is 28.0 Å². The molecule has 5 N–H and O–H groups in total. The molecule has 1 aromatic rings. The van der Waals surface area contributed by atoms with Gasteiger partial charge in [-0.25, -0.2) is 13.2 Å². The van der Waals surface area contributed by atoms with Crippen LogP contribution >= 0.6 is 0 Å². The van der Waals surface area contributed by atoms with Gasteiger partial charge in [-0.2, -0.15) is 0 Å². The van der Waals surface area contributed by atoms with Crippen molar-refractivity contribution >= 4 is 51.2 Å². The second-order valence-electron chi connectivity index (χ2n) is 19.1. The zero-order chi connectivity index (χ0) is 43.7. The predicted octanol–water partition coefficient (Wildman–Crippen LogP) is 1.85. The maximum atomic E-state index is 14.5. The molecule has 326 valence electrons. The predicted molar refractivity (Wildman–Crippen MR) is 220 cm³/mol. The molecule has 3 saturated carbocycles. The molecule has 0 bridgehead atoms. The molecule has 1 heterocycles. The average molecular weight is 842 g/mol. The molecule has 1 aliphatic heterocycles. The Morgan fingerprint density at radius 2 is 1.54 bits per heavy atom. The van der Waals surface area contributed by atoms with Crippen LogP contribution in [0, 0.1) is 28.6 Å². The molecule has 4 fully saturated rings. The van der Waals surface area contributed by atoms with Crippen LogP contribution < -0.4 is 26.6 Å². The number of likely N-dealkylation sites (tertiary alicyclic amines) is 1. The Bertz CT molecular complexity index is 1900. The van der Waals surface area contributed by atoms with Crippen LogP contribution in [0.25, 0.3) is 0 Å². The third kappa shape index (κ3) is 11.2. The summed E-state index contributed by atoms with van der Waals surface area (Å²) < 4.78 is 24.8. The molecule has 6 atom stereocenters. The number of urea groups is 1. The Balaban J connectivity index is 1.28. The molecule has 7 amide bonds. The molecule has 0 radical (unpaired) electrons. The van der Waals surface area contributed by atoms with Crippen LogP contribution in [0.3, 0.4) is 0 Å². The lowest BCUT2D eigenvalue weighted by molar-refractivity contribution is -0.145. The molecule has 0 spiro atoms. The highest BCUT2D eigenvalue weighted by atomic mass is 32.2. The Kier molecular flexibility index (Phi) is 13.6. The highest BCUT2D eigenvalue weighted by molar-refractivity contribution is 7.90. The highest BCUT2D eigenvalue weighted by Gasteiger charge is 2.70. The first-order chi connectivity index (χ1) is 27.4. The van der Waals surface area contributed by atoms with Crippen molar-refractivity contribution in [1.29, 1.82) is 0 Å². The van der Waals surface area contributed by atoms with Crippen LogP contribution in [0.5, 0.6) is 0 Å². The van der Waals surface area contributed by atoms with Crippen LogP contribution in [0.15, 0.2) is 30.3 Å². The van der Waals surface area contributed by atoms with Crippen molar-refractivity contribution in [3.63, 3.8) is 0 Å². The first-order valence-electron chi connectivity index (χ1n) is 20.7. The highest BCUT2D eigenvalue weighted by Crippen LogP contribution is 2.65. The molecule has 1 aromatic carbocycles. The number of Topliss-reactive ketones (excluding diaryl/α,β-unsaturated/α-hetero) is 1. The number of nitrogens with zero attached hydrogens (tertiary/aromatic N) is 2. The van der Waals surface area contributed by atoms with Crippen molar-refractivity contribution in [1.82, 2.24) is 36.4 Å². The van der Waals surface area contributed by atoms with Gasteiger partial charge < -0.3 is 36.4 Å². The number of carbonyl (C=O) groups excluding carboxylic acids is 7. The quantitative estimate of drug-likeness (QED) is 0.153. The topological polar surface area (TPSA) is 220 Å². The van der Waals surface area contributed by atoms with Gasteiger partial charge in [0.25, 0.3) is 5.91 Å². The van der Waals surface area contributed by atoms with E-state index < -0.39 is 86.9 Å². The number of nitrogens with one attached hydrogen (secondary N) is 5. The van der Waals surface area contributed by atoms with E-state index in [1.807, 2.05) is 13.8 Å². The number of sulfone groups is 1. The van der Waals surface area contributed by atoms with E-state index in [0.29, 0.717) is 18.4 Å². The number of hydrogen-bond donors (Lipinski definition) is 5. The van der Waals surface area contributed by atoms with Gasteiger partial charge in [0.2, 0.25) is 29.4 Å². The third-order valence-corrected chi connectivity index (χ3v) is 13.6. The summed E-state index contributed by atoms with van der Waals surface area (Å²) in [6.45, 7) is 9.08. The van der Waals surface area contributed by atoms with Gasteiger partial charge in [-0.15, -0.1) is 0 Å². The number of carbonyl (C=O) groups is 7. The van der Waals surface area contributed by atoms with E-state index in [9.17, 15) is 42.0 Å². The van der Waals surface area contributed by atoms with Crippen LogP contribution in [0.1, 0.15) is 97.6 Å². The fraction of sp³-hybridized carbons (Fsp3) is 0.690. The Morgan fingerprint density at radius 3 is 2.10 bits per heavy atom. The lowest BCUT2D eigenvalue weighted by Crippen LogP contribution is -2.63. The third-order valence-electron chi connectivity index (χ3n) is 12.5. The summed E-state index contributed by atoms with van der Waals surface area (Å²) in [5.41, 5.74) is -1.52. The molecule has 0 aromatic heterocycles. The number of rotatable bonds is 16. The van der Waals surface area contributed by atoms with Gasteiger partial charge in [-0.3, -0.25) is 28.8 Å². The summed E-state index contributed by atoms with van der Waals surface area (Å²) >= 11 is 0. The van der Waals surface area contributed by atoms with Crippen LogP contribution in [-0.2, 0) is 38.6 Å². The van der Waals surface area contributed by atoms with E-state index in [-0.39, 0.29) is 47.8 Å². The summed E-state index contributed by atoms with van der Waals surface area (Å²) in [6.07, 6.45) is 6.43. The monoisotopic (exact) mass is 841 g/mol. The van der Waals surface area contributed by atoms with Gasteiger partial charge in [0, 0.05) is 26.9 Å². The molecule has 1 saturated heterocycles. The van der Waals surface area contributed by atoms with Crippen molar-refractivity contribution in [2.45, 2.75) is 116 Å². The molecule has 3 aliphatic carbocycles. The zero-order valence-electron chi connectivity index (χ0n) is 35.7. The minimum Gasteiger partial charge on any atom is -0.347 e. The summed E-state index contributed by atoms with van der Waals surface area (Å²) in [6, 6.07) is 3.65. The minimum atomic E-state index is -3.44. The number of likely N-dealkylation sites (N-methyl/N-ethyl adjacent to an activating group) is 1. The number of amides is 7. The Hall–Kier alpha value is -4.54. The summed E-state index contributed by atoms with van der Waals surface area (Å²) in [5.74, 6) is -4.50. The van der Waals surface area contributed by atoms with Crippen molar-refractivity contribution < 1.29 is 42.0 Å². The minimum absolute atomic E-state index is 0.0182. The smallest absolute Gasteiger partial charge is 0.315 e. The second kappa shape index (κ2) is 17.6. The lowest BCUT2D eigenvalue weighted by Gasteiger charge is -2.40. The van der Waals surface area contributed by atoms with Gasteiger partial charge in [-0.05, 0) is 53.4 Å². The van der Waals surface area contributed by atoms with E-state index in [2.05, 4.69) is 26.6 Å².